The molecule has 0 aromatic rings. The summed E-state index contributed by atoms with van der Waals surface area (Å²) in [5, 5.41) is 9.00. The third kappa shape index (κ3) is 4.87. The number of rotatable bonds is 7. The van der Waals surface area contributed by atoms with Crippen LogP contribution in [0.4, 0.5) is 0 Å². The molecule has 0 amide bonds. The van der Waals surface area contributed by atoms with E-state index >= 15 is 0 Å². The summed E-state index contributed by atoms with van der Waals surface area (Å²) in [6, 6.07) is 2.31. The van der Waals surface area contributed by atoms with E-state index in [1.54, 1.807) is 0 Å². The fourth-order valence-corrected chi connectivity index (χ4v) is 1.39. The van der Waals surface area contributed by atoms with E-state index in [0.29, 0.717) is 0 Å². The normalized spacial score (nSPS) is 11.8. The lowest BCUT2D eigenvalue weighted by Gasteiger charge is -2.04. The maximum absolute atomic E-state index is 9.00. The molecular weight excluding hydrogens is 170 g/mol. The second kappa shape index (κ2) is 8.56. The Morgan fingerprint density at radius 2 is 1.79 bits per heavy atom. The van der Waals surface area contributed by atoms with E-state index in [2.05, 4.69) is 26.5 Å². The zero-order chi connectivity index (χ0) is 10.8. The fraction of sp³-hybridized carbons (Fsp3) is 0.615. The summed E-state index contributed by atoms with van der Waals surface area (Å²) < 4.78 is 0. The Bertz CT molecular complexity index is 230. The van der Waals surface area contributed by atoms with E-state index in [4.69, 9.17) is 5.26 Å². The molecule has 1 nitrogen and oxygen atoms in total. The van der Waals surface area contributed by atoms with Gasteiger partial charge < -0.3 is 0 Å². The topological polar surface area (TPSA) is 23.8 Å². The van der Waals surface area contributed by atoms with Gasteiger partial charge in [-0.2, -0.15) is 5.26 Å². The molecule has 0 unspecified atom stereocenters. The van der Waals surface area contributed by atoms with Crippen LogP contribution in [0.5, 0.6) is 0 Å². The van der Waals surface area contributed by atoms with Crippen LogP contribution in [-0.2, 0) is 0 Å². The highest BCUT2D eigenvalue weighted by Crippen LogP contribution is 2.18. The summed E-state index contributed by atoms with van der Waals surface area (Å²) in [5.74, 6) is 0. The molecule has 0 bridgehead atoms. The van der Waals surface area contributed by atoms with Crippen molar-refractivity contribution in [3.63, 3.8) is 0 Å². The standard InChI is InChI=1S/C13H21N/c1-4-7-9-12(6-3)13(11-14)10-8-5-2/h6H,3-5,7-10H2,1-2H3/b13-12+. The van der Waals surface area contributed by atoms with Gasteiger partial charge in [0.1, 0.15) is 0 Å². The second-order valence-electron chi connectivity index (χ2n) is 3.53. The zero-order valence-electron chi connectivity index (χ0n) is 9.47. The lowest BCUT2D eigenvalue weighted by Crippen LogP contribution is -1.89. The average Bonchev–Trinajstić information content (AvgIpc) is 2.23. The van der Waals surface area contributed by atoms with E-state index in [1.165, 1.54) is 6.42 Å². The molecule has 0 heterocycles. The molecule has 0 saturated carbocycles. The maximum atomic E-state index is 9.00. The van der Waals surface area contributed by atoms with Crippen molar-refractivity contribution < 1.29 is 0 Å². The molecule has 0 N–H and O–H groups in total. The minimum absolute atomic E-state index is 0.915. The molecule has 0 rings (SSSR count). The van der Waals surface area contributed by atoms with Crippen molar-refractivity contribution in [2.24, 2.45) is 0 Å². The van der Waals surface area contributed by atoms with Crippen LogP contribution in [-0.4, -0.2) is 0 Å². The third-order valence-electron chi connectivity index (χ3n) is 2.35. The molecule has 0 aliphatic rings. The smallest absolute Gasteiger partial charge is 0.0949 e. The number of hydrogen-bond acceptors (Lipinski definition) is 1. The van der Waals surface area contributed by atoms with Gasteiger partial charge >= 0.3 is 0 Å². The van der Waals surface area contributed by atoms with Crippen molar-refractivity contribution in [3.8, 4) is 6.07 Å². The van der Waals surface area contributed by atoms with Gasteiger partial charge in [-0.25, -0.2) is 0 Å². The zero-order valence-corrected chi connectivity index (χ0v) is 9.47. The van der Waals surface area contributed by atoms with Crippen molar-refractivity contribution in [1.82, 2.24) is 0 Å². The van der Waals surface area contributed by atoms with Gasteiger partial charge in [0, 0.05) is 5.57 Å². The number of nitrogens with zero attached hydrogens (tertiary/aromatic N) is 1. The highest BCUT2D eigenvalue weighted by molar-refractivity contribution is 5.33. The molecule has 0 atom stereocenters. The van der Waals surface area contributed by atoms with Crippen molar-refractivity contribution in [1.29, 1.82) is 5.26 Å². The molecule has 0 aromatic carbocycles. The van der Waals surface area contributed by atoms with Gasteiger partial charge in [0.05, 0.1) is 6.07 Å². The first-order valence-electron chi connectivity index (χ1n) is 5.54. The quantitative estimate of drug-likeness (QED) is 0.433. The molecular formula is C13H21N. The Morgan fingerprint density at radius 3 is 2.21 bits per heavy atom. The molecule has 0 saturated heterocycles. The first-order chi connectivity index (χ1) is 6.79. The van der Waals surface area contributed by atoms with Gasteiger partial charge in [-0.1, -0.05) is 39.3 Å². The minimum Gasteiger partial charge on any atom is -0.193 e. The van der Waals surface area contributed by atoms with Gasteiger partial charge in [-0.3, -0.25) is 0 Å². The minimum atomic E-state index is 0.915. The molecule has 0 aromatic heterocycles. The fourth-order valence-electron chi connectivity index (χ4n) is 1.39. The van der Waals surface area contributed by atoms with Gasteiger partial charge in [-0.15, -0.1) is 0 Å². The lowest BCUT2D eigenvalue weighted by molar-refractivity contribution is 0.766. The largest absolute Gasteiger partial charge is 0.193 e. The second-order valence-corrected chi connectivity index (χ2v) is 3.53. The van der Waals surface area contributed by atoms with E-state index < -0.39 is 0 Å². The van der Waals surface area contributed by atoms with Crippen LogP contribution >= 0.6 is 0 Å². The maximum Gasteiger partial charge on any atom is 0.0949 e. The Kier molecular flexibility index (Phi) is 7.93. The number of allylic oxidation sites excluding steroid dienone is 3. The SMILES string of the molecule is C=C/C(CCCC)=C(\C#N)CCCC. The Labute approximate surface area is 88.1 Å². The highest BCUT2D eigenvalue weighted by atomic mass is 14.3. The van der Waals surface area contributed by atoms with Crippen molar-refractivity contribution in [2.45, 2.75) is 52.4 Å². The Morgan fingerprint density at radius 1 is 1.21 bits per heavy atom. The van der Waals surface area contributed by atoms with Crippen molar-refractivity contribution in [3.05, 3.63) is 23.8 Å². The molecule has 14 heavy (non-hydrogen) atoms. The summed E-state index contributed by atoms with van der Waals surface area (Å²) >= 11 is 0. The van der Waals surface area contributed by atoms with Gasteiger partial charge in [0.25, 0.3) is 0 Å². The van der Waals surface area contributed by atoms with E-state index in [-0.39, 0.29) is 0 Å². The van der Waals surface area contributed by atoms with Crippen LogP contribution in [0.2, 0.25) is 0 Å². The van der Waals surface area contributed by atoms with Crippen LogP contribution in [0.25, 0.3) is 0 Å². The summed E-state index contributed by atoms with van der Waals surface area (Å²) in [4.78, 5) is 0. The summed E-state index contributed by atoms with van der Waals surface area (Å²) in [6.07, 6.45) is 8.34. The number of hydrogen-bond donors (Lipinski definition) is 0. The molecule has 0 radical (unpaired) electrons. The summed E-state index contributed by atoms with van der Waals surface area (Å²) in [7, 11) is 0. The number of unbranched alkanes of at least 4 members (excludes halogenated alkanes) is 2. The van der Waals surface area contributed by atoms with E-state index in [1.807, 2.05) is 6.08 Å². The monoisotopic (exact) mass is 191 g/mol. The first-order valence-corrected chi connectivity index (χ1v) is 5.54. The van der Waals surface area contributed by atoms with Gasteiger partial charge in [0.2, 0.25) is 0 Å². The van der Waals surface area contributed by atoms with E-state index in [0.717, 1.165) is 43.3 Å². The summed E-state index contributed by atoms with van der Waals surface area (Å²) in [6.45, 7) is 8.09. The van der Waals surface area contributed by atoms with Crippen molar-refractivity contribution >= 4 is 0 Å². The van der Waals surface area contributed by atoms with Crippen LogP contribution in [0.1, 0.15) is 52.4 Å². The molecule has 1 heteroatoms. The molecule has 0 aliphatic heterocycles. The predicted octanol–water partition coefficient (Wildman–Crippen LogP) is 4.37. The average molecular weight is 191 g/mol. The molecule has 0 fully saturated rings. The Hall–Kier alpha value is -1.03. The molecule has 78 valence electrons. The van der Waals surface area contributed by atoms with Crippen LogP contribution in [0.15, 0.2) is 23.8 Å². The molecule has 0 aliphatic carbocycles. The highest BCUT2D eigenvalue weighted by Gasteiger charge is 2.02. The van der Waals surface area contributed by atoms with Gasteiger partial charge in [0.15, 0.2) is 0 Å². The van der Waals surface area contributed by atoms with Crippen LogP contribution < -0.4 is 0 Å². The Balaban J connectivity index is 4.40. The lowest BCUT2D eigenvalue weighted by atomic mass is 9.99. The molecule has 0 spiro atoms. The van der Waals surface area contributed by atoms with E-state index in [9.17, 15) is 0 Å². The first kappa shape index (κ1) is 13.0. The number of nitriles is 1. The van der Waals surface area contributed by atoms with Crippen LogP contribution in [0, 0.1) is 11.3 Å². The third-order valence-corrected chi connectivity index (χ3v) is 2.35. The summed E-state index contributed by atoms with van der Waals surface area (Å²) in [5.41, 5.74) is 2.10. The van der Waals surface area contributed by atoms with Crippen molar-refractivity contribution in [2.75, 3.05) is 0 Å². The predicted molar refractivity (Wildman–Crippen MR) is 61.9 cm³/mol. The van der Waals surface area contributed by atoms with Crippen LogP contribution in [0.3, 0.4) is 0 Å². The van der Waals surface area contributed by atoms with Gasteiger partial charge in [-0.05, 0) is 31.3 Å².